The smallest absolute Gasteiger partial charge is 0.222 e. The molecule has 3 N–H and O–H groups in total. The minimum absolute atomic E-state index is 0.0572. The van der Waals surface area contributed by atoms with E-state index >= 15 is 0 Å². The summed E-state index contributed by atoms with van der Waals surface area (Å²) in [4.78, 5) is 12.1. The lowest BCUT2D eigenvalue weighted by Crippen LogP contribution is -2.44. The molecule has 0 spiro atoms. The molecule has 4 heteroatoms. The fourth-order valence-electron chi connectivity index (χ4n) is 3.15. The number of benzene rings is 1. The van der Waals surface area contributed by atoms with Crippen LogP contribution in [0.15, 0.2) is 24.3 Å². The lowest BCUT2D eigenvalue weighted by atomic mass is 9.94. The molecule has 1 amide bonds. The van der Waals surface area contributed by atoms with Crippen molar-refractivity contribution < 1.29 is 9.53 Å². The number of methoxy groups -OCH3 is 1. The summed E-state index contributed by atoms with van der Waals surface area (Å²) in [6.07, 6.45) is 5.39. The summed E-state index contributed by atoms with van der Waals surface area (Å²) in [6, 6.07) is 7.97. The maximum Gasteiger partial charge on any atom is 0.222 e. The molecule has 1 aliphatic carbocycles. The van der Waals surface area contributed by atoms with Gasteiger partial charge in [0, 0.05) is 18.0 Å². The number of hydrogen-bond acceptors (Lipinski definition) is 3. The molecule has 0 saturated heterocycles. The van der Waals surface area contributed by atoms with Crippen LogP contribution in [-0.4, -0.2) is 24.6 Å². The number of amides is 1. The van der Waals surface area contributed by atoms with Crippen molar-refractivity contribution in [3.8, 4) is 5.75 Å². The highest BCUT2D eigenvalue weighted by Crippen LogP contribution is 2.30. The van der Waals surface area contributed by atoms with Crippen LogP contribution in [0.1, 0.15) is 44.6 Å². The predicted octanol–water partition coefficient (Wildman–Crippen LogP) is 2.40. The molecular formula is C17H26N2O2. The quantitative estimate of drug-likeness (QED) is 0.845. The van der Waals surface area contributed by atoms with Gasteiger partial charge in [0.25, 0.3) is 0 Å². The van der Waals surface area contributed by atoms with Crippen molar-refractivity contribution >= 4 is 5.91 Å². The van der Waals surface area contributed by atoms with Crippen molar-refractivity contribution in [2.75, 3.05) is 7.11 Å². The van der Waals surface area contributed by atoms with Gasteiger partial charge < -0.3 is 15.8 Å². The molecule has 1 saturated carbocycles. The molecule has 0 aromatic heterocycles. The first-order valence-corrected chi connectivity index (χ1v) is 7.72. The molecule has 1 aromatic rings. The molecule has 0 aliphatic heterocycles. The average molecular weight is 290 g/mol. The number of hydrogen-bond donors (Lipinski definition) is 2. The van der Waals surface area contributed by atoms with Crippen LogP contribution in [0.5, 0.6) is 5.75 Å². The zero-order valence-corrected chi connectivity index (χ0v) is 13.0. The van der Waals surface area contributed by atoms with E-state index in [1.54, 1.807) is 7.11 Å². The zero-order valence-electron chi connectivity index (χ0n) is 13.0. The molecule has 21 heavy (non-hydrogen) atoms. The molecule has 1 fully saturated rings. The summed E-state index contributed by atoms with van der Waals surface area (Å²) in [6.45, 7) is 2.02. The normalized spacial score (nSPS) is 18.2. The van der Waals surface area contributed by atoms with Gasteiger partial charge in [0.15, 0.2) is 0 Å². The second-order valence-electron chi connectivity index (χ2n) is 6.23. The first-order valence-electron chi connectivity index (χ1n) is 7.72. The third kappa shape index (κ3) is 4.46. The number of carbonyl (C=O) groups excluding carboxylic acids is 1. The van der Waals surface area contributed by atoms with Crippen LogP contribution in [0, 0.1) is 0 Å². The monoisotopic (exact) mass is 290 g/mol. The van der Waals surface area contributed by atoms with Crippen molar-refractivity contribution in [1.82, 2.24) is 5.32 Å². The van der Waals surface area contributed by atoms with Crippen molar-refractivity contribution in [2.45, 2.75) is 57.0 Å². The lowest BCUT2D eigenvalue weighted by molar-refractivity contribution is -0.122. The van der Waals surface area contributed by atoms with E-state index in [-0.39, 0.29) is 17.5 Å². The van der Waals surface area contributed by atoms with E-state index in [4.69, 9.17) is 10.5 Å². The van der Waals surface area contributed by atoms with Crippen LogP contribution in [-0.2, 0) is 11.2 Å². The van der Waals surface area contributed by atoms with Gasteiger partial charge in [-0.1, -0.05) is 31.0 Å². The molecule has 4 nitrogen and oxygen atoms in total. The Morgan fingerprint density at radius 2 is 2.05 bits per heavy atom. The second-order valence-corrected chi connectivity index (χ2v) is 6.23. The number of nitrogens with two attached hydrogens (primary N) is 1. The van der Waals surface area contributed by atoms with Crippen LogP contribution in [0.25, 0.3) is 0 Å². The Bertz CT molecular complexity index is 481. The molecule has 116 valence electrons. The SMILES string of the molecule is COc1ccccc1CC(C)NC(=O)CC1(N)CCCC1. The molecule has 0 radical (unpaired) electrons. The molecule has 1 unspecified atom stereocenters. The minimum atomic E-state index is -0.283. The summed E-state index contributed by atoms with van der Waals surface area (Å²) >= 11 is 0. The van der Waals surface area contributed by atoms with Gasteiger partial charge in [-0.05, 0) is 37.8 Å². The van der Waals surface area contributed by atoms with Gasteiger partial charge in [0.1, 0.15) is 5.75 Å². The molecule has 1 atom stereocenters. The van der Waals surface area contributed by atoms with E-state index in [0.717, 1.165) is 43.4 Å². The highest BCUT2D eigenvalue weighted by Gasteiger charge is 2.31. The van der Waals surface area contributed by atoms with Crippen molar-refractivity contribution in [3.63, 3.8) is 0 Å². The minimum Gasteiger partial charge on any atom is -0.496 e. The Morgan fingerprint density at radius 3 is 2.71 bits per heavy atom. The molecule has 0 bridgehead atoms. The van der Waals surface area contributed by atoms with Gasteiger partial charge in [0.05, 0.1) is 7.11 Å². The van der Waals surface area contributed by atoms with Crippen molar-refractivity contribution in [3.05, 3.63) is 29.8 Å². The summed E-state index contributed by atoms with van der Waals surface area (Å²) in [7, 11) is 1.67. The molecule has 0 heterocycles. The Balaban J connectivity index is 1.86. The van der Waals surface area contributed by atoms with Crippen LogP contribution in [0.4, 0.5) is 0 Å². The van der Waals surface area contributed by atoms with Crippen molar-refractivity contribution in [2.24, 2.45) is 5.73 Å². The van der Waals surface area contributed by atoms with Gasteiger partial charge >= 0.3 is 0 Å². The second kappa shape index (κ2) is 6.94. The van der Waals surface area contributed by atoms with Gasteiger partial charge in [-0.2, -0.15) is 0 Å². The van der Waals surface area contributed by atoms with Crippen LogP contribution < -0.4 is 15.8 Å². The fraction of sp³-hybridized carbons (Fsp3) is 0.588. The van der Waals surface area contributed by atoms with Gasteiger partial charge in [0.2, 0.25) is 5.91 Å². The molecule has 1 aliphatic rings. The largest absolute Gasteiger partial charge is 0.496 e. The Labute approximate surface area is 127 Å². The van der Waals surface area contributed by atoms with E-state index in [1.807, 2.05) is 31.2 Å². The van der Waals surface area contributed by atoms with E-state index < -0.39 is 0 Å². The summed E-state index contributed by atoms with van der Waals surface area (Å²) in [5.41, 5.74) is 7.08. The third-order valence-electron chi connectivity index (χ3n) is 4.24. The van der Waals surface area contributed by atoms with E-state index in [9.17, 15) is 4.79 Å². The van der Waals surface area contributed by atoms with Gasteiger partial charge in [-0.15, -0.1) is 0 Å². The fourth-order valence-corrected chi connectivity index (χ4v) is 3.15. The highest BCUT2D eigenvalue weighted by atomic mass is 16.5. The highest BCUT2D eigenvalue weighted by molar-refractivity contribution is 5.77. The van der Waals surface area contributed by atoms with E-state index in [1.165, 1.54) is 0 Å². The van der Waals surface area contributed by atoms with Gasteiger partial charge in [-0.3, -0.25) is 4.79 Å². The Morgan fingerprint density at radius 1 is 1.38 bits per heavy atom. The summed E-state index contributed by atoms with van der Waals surface area (Å²) in [5.74, 6) is 0.923. The maximum absolute atomic E-state index is 12.1. The number of para-hydroxylation sites is 1. The standard InChI is InChI=1S/C17H26N2O2/c1-13(11-14-7-3-4-8-15(14)21-2)19-16(20)12-17(18)9-5-6-10-17/h3-4,7-8,13H,5-6,9-12,18H2,1-2H3,(H,19,20). The summed E-state index contributed by atoms with van der Waals surface area (Å²) < 4.78 is 5.34. The van der Waals surface area contributed by atoms with Crippen LogP contribution >= 0.6 is 0 Å². The first-order chi connectivity index (χ1) is 10.0. The van der Waals surface area contributed by atoms with Crippen LogP contribution in [0.3, 0.4) is 0 Å². The van der Waals surface area contributed by atoms with Gasteiger partial charge in [-0.25, -0.2) is 0 Å². The summed E-state index contributed by atoms with van der Waals surface area (Å²) in [5, 5.41) is 3.06. The average Bonchev–Trinajstić information content (AvgIpc) is 2.85. The van der Waals surface area contributed by atoms with E-state index in [0.29, 0.717) is 6.42 Å². The van der Waals surface area contributed by atoms with E-state index in [2.05, 4.69) is 5.32 Å². The zero-order chi connectivity index (χ0) is 15.3. The predicted molar refractivity (Wildman–Crippen MR) is 84.3 cm³/mol. The van der Waals surface area contributed by atoms with Crippen molar-refractivity contribution in [1.29, 1.82) is 0 Å². The first kappa shape index (κ1) is 15.8. The molecule has 1 aromatic carbocycles. The number of ether oxygens (including phenoxy) is 1. The number of nitrogens with one attached hydrogen (secondary N) is 1. The number of carbonyl (C=O) groups is 1. The van der Waals surface area contributed by atoms with Crippen LogP contribution in [0.2, 0.25) is 0 Å². The maximum atomic E-state index is 12.1. The number of rotatable bonds is 6. The topological polar surface area (TPSA) is 64.3 Å². The molecular weight excluding hydrogens is 264 g/mol. The Hall–Kier alpha value is -1.55. The Kier molecular flexibility index (Phi) is 5.23. The molecule has 2 rings (SSSR count). The third-order valence-corrected chi connectivity index (χ3v) is 4.24. The lowest BCUT2D eigenvalue weighted by Gasteiger charge is -2.24.